The molecule has 1 aliphatic heterocycles. The van der Waals surface area contributed by atoms with Crippen LogP contribution in [0.5, 0.6) is 11.5 Å². The van der Waals surface area contributed by atoms with Crippen LogP contribution >= 0.6 is 0 Å². The monoisotopic (exact) mass is 393 g/mol. The molecule has 1 amide bonds. The van der Waals surface area contributed by atoms with E-state index < -0.39 is 0 Å². The largest absolute Gasteiger partial charge is 0.494 e. The van der Waals surface area contributed by atoms with Gasteiger partial charge < -0.3 is 15.2 Å². The summed E-state index contributed by atoms with van der Waals surface area (Å²) in [4.78, 5) is 16.0. The van der Waals surface area contributed by atoms with Crippen LogP contribution in [0.1, 0.15) is 44.1 Å². The van der Waals surface area contributed by atoms with Gasteiger partial charge in [0, 0.05) is 23.3 Å². The quantitative estimate of drug-likeness (QED) is 0.754. The van der Waals surface area contributed by atoms with Crippen LogP contribution in [0.15, 0.2) is 24.4 Å². The molecule has 1 saturated carbocycles. The van der Waals surface area contributed by atoms with Crippen molar-refractivity contribution < 1.29 is 14.3 Å². The summed E-state index contributed by atoms with van der Waals surface area (Å²) < 4.78 is 11.9. The first kappa shape index (κ1) is 19.5. The SMILES string of the molecule is N#CCCCOc1ccc2ncc3c(c2c1)CC(C1CCC(C(N)=O)CC1)CO3. The van der Waals surface area contributed by atoms with Gasteiger partial charge in [-0.3, -0.25) is 9.78 Å². The van der Waals surface area contributed by atoms with E-state index in [0.717, 1.165) is 60.9 Å². The molecule has 29 heavy (non-hydrogen) atoms. The maximum absolute atomic E-state index is 11.5. The first-order chi connectivity index (χ1) is 14.2. The molecule has 6 heteroatoms. The summed E-state index contributed by atoms with van der Waals surface area (Å²) in [5.41, 5.74) is 7.62. The number of carbonyl (C=O) groups excluding carboxylic acids is 1. The molecule has 1 aromatic carbocycles. The third-order valence-corrected chi connectivity index (χ3v) is 6.37. The van der Waals surface area contributed by atoms with Crippen LogP contribution in [-0.4, -0.2) is 24.1 Å². The number of aromatic nitrogens is 1. The summed E-state index contributed by atoms with van der Waals surface area (Å²) in [7, 11) is 0. The lowest BCUT2D eigenvalue weighted by molar-refractivity contribution is -0.123. The van der Waals surface area contributed by atoms with Gasteiger partial charge in [0.05, 0.1) is 31.0 Å². The Morgan fingerprint density at radius 3 is 2.86 bits per heavy atom. The molecule has 2 aromatic rings. The van der Waals surface area contributed by atoms with E-state index in [1.54, 1.807) is 0 Å². The highest BCUT2D eigenvalue weighted by molar-refractivity contribution is 5.85. The first-order valence-corrected chi connectivity index (χ1v) is 10.5. The standard InChI is InChI=1S/C23H27N3O3/c24-9-1-2-10-28-18-7-8-21-19(12-18)20-11-17(14-29-22(20)13-26-21)15-3-5-16(6-4-15)23(25)27/h7-8,12-13,15-17H,1-6,10-11,14H2,(H2,25,27). The summed E-state index contributed by atoms with van der Waals surface area (Å²) in [5.74, 6) is 2.55. The Morgan fingerprint density at radius 1 is 1.28 bits per heavy atom. The van der Waals surface area contributed by atoms with Gasteiger partial charge in [0.2, 0.25) is 5.91 Å². The van der Waals surface area contributed by atoms with Crippen molar-refractivity contribution in [2.24, 2.45) is 23.5 Å². The fourth-order valence-corrected chi connectivity index (χ4v) is 4.67. The van der Waals surface area contributed by atoms with E-state index in [1.165, 1.54) is 5.56 Å². The van der Waals surface area contributed by atoms with Crippen molar-refractivity contribution in [1.29, 1.82) is 5.26 Å². The molecule has 4 rings (SSSR count). The molecule has 1 atom stereocenters. The summed E-state index contributed by atoms with van der Waals surface area (Å²) in [5, 5.41) is 9.74. The molecule has 6 nitrogen and oxygen atoms in total. The van der Waals surface area contributed by atoms with Crippen LogP contribution in [0.4, 0.5) is 0 Å². The Morgan fingerprint density at radius 2 is 2.10 bits per heavy atom. The van der Waals surface area contributed by atoms with E-state index in [2.05, 4.69) is 11.1 Å². The van der Waals surface area contributed by atoms with Crippen molar-refractivity contribution in [2.45, 2.75) is 44.9 Å². The van der Waals surface area contributed by atoms with Gasteiger partial charge in [-0.15, -0.1) is 0 Å². The van der Waals surface area contributed by atoms with Gasteiger partial charge in [-0.05, 0) is 68.6 Å². The van der Waals surface area contributed by atoms with E-state index in [4.69, 9.17) is 20.5 Å². The maximum Gasteiger partial charge on any atom is 0.220 e. The summed E-state index contributed by atoms with van der Waals surface area (Å²) >= 11 is 0. The van der Waals surface area contributed by atoms with E-state index in [1.807, 2.05) is 24.4 Å². The molecule has 0 bridgehead atoms. The van der Waals surface area contributed by atoms with Gasteiger partial charge in [0.1, 0.15) is 11.5 Å². The predicted molar refractivity (Wildman–Crippen MR) is 109 cm³/mol. The molecule has 1 unspecified atom stereocenters. The molecule has 1 aliphatic carbocycles. The Hall–Kier alpha value is -2.81. The average Bonchev–Trinajstić information content (AvgIpc) is 2.76. The minimum Gasteiger partial charge on any atom is -0.494 e. The van der Waals surface area contributed by atoms with E-state index in [0.29, 0.717) is 31.5 Å². The lowest BCUT2D eigenvalue weighted by Gasteiger charge is -2.35. The molecule has 0 spiro atoms. The zero-order valence-electron chi connectivity index (χ0n) is 16.6. The maximum atomic E-state index is 11.5. The van der Waals surface area contributed by atoms with Gasteiger partial charge in [-0.1, -0.05) is 0 Å². The number of rotatable bonds is 6. The van der Waals surface area contributed by atoms with Gasteiger partial charge in [-0.25, -0.2) is 0 Å². The predicted octanol–water partition coefficient (Wildman–Crippen LogP) is 3.76. The number of nitrogens with zero attached hydrogens (tertiary/aromatic N) is 2. The molecule has 1 fully saturated rings. The average molecular weight is 393 g/mol. The van der Waals surface area contributed by atoms with Crippen LogP contribution in [0.2, 0.25) is 0 Å². The molecule has 0 radical (unpaired) electrons. The number of nitriles is 1. The number of primary amides is 1. The Labute approximate surface area is 171 Å². The van der Waals surface area contributed by atoms with Crippen LogP contribution in [0.3, 0.4) is 0 Å². The number of carbonyl (C=O) groups is 1. The number of hydrogen-bond acceptors (Lipinski definition) is 5. The number of hydrogen-bond donors (Lipinski definition) is 1. The number of benzene rings is 1. The molecule has 2 N–H and O–H groups in total. The highest BCUT2D eigenvalue weighted by atomic mass is 16.5. The van der Waals surface area contributed by atoms with Crippen molar-refractivity contribution in [3.63, 3.8) is 0 Å². The zero-order valence-corrected chi connectivity index (χ0v) is 16.6. The van der Waals surface area contributed by atoms with Crippen LogP contribution < -0.4 is 15.2 Å². The van der Waals surface area contributed by atoms with Crippen LogP contribution in [-0.2, 0) is 11.2 Å². The molecule has 1 aromatic heterocycles. The molecule has 2 heterocycles. The number of ether oxygens (including phenoxy) is 2. The van der Waals surface area contributed by atoms with E-state index in [9.17, 15) is 4.79 Å². The van der Waals surface area contributed by atoms with Crippen molar-refractivity contribution in [3.8, 4) is 17.6 Å². The molecule has 152 valence electrons. The number of nitrogens with two attached hydrogens (primary N) is 1. The first-order valence-electron chi connectivity index (χ1n) is 10.5. The summed E-state index contributed by atoms with van der Waals surface area (Å²) in [6.07, 6.45) is 7.85. The molecule has 2 aliphatic rings. The van der Waals surface area contributed by atoms with Gasteiger partial charge in [-0.2, -0.15) is 5.26 Å². The van der Waals surface area contributed by atoms with E-state index in [-0.39, 0.29) is 11.8 Å². The lowest BCUT2D eigenvalue weighted by Crippen LogP contribution is -2.34. The Balaban J connectivity index is 1.50. The fourth-order valence-electron chi connectivity index (χ4n) is 4.67. The topological polar surface area (TPSA) is 98.2 Å². The van der Waals surface area contributed by atoms with Crippen molar-refractivity contribution in [1.82, 2.24) is 4.98 Å². The minimum atomic E-state index is -0.159. The molecule has 0 saturated heterocycles. The number of amides is 1. The van der Waals surface area contributed by atoms with Crippen LogP contribution in [0, 0.1) is 29.1 Å². The number of unbranched alkanes of at least 4 members (excludes halogenated alkanes) is 1. The second-order valence-corrected chi connectivity index (χ2v) is 8.18. The second-order valence-electron chi connectivity index (χ2n) is 8.18. The minimum absolute atomic E-state index is 0.0359. The number of pyridine rings is 1. The molecular weight excluding hydrogens is 366 g/mol. The van der Waals surface area contributed by atoms with Gasteiger partial charge in [0.15, 0.2) is 0 Å². The van der Waals surface area contributed by atoms with Crippen molar-refractivity contribution in [3.05, 3.63) is 30.0 Å². The second kappa shape index (κ2) is 8.69. The number of fused-ring (bicyclic) bond motifs is 3. The lowest BCUT2D eigenvalue weighted by atomic mass is 9.73. The summed E-state index contributed by atoms with van der Waals surface area (Å²) in [6.45, 7) is 1.24. The van der Waals surface area contributed by atoms with Crippen molar-refractivity contribution in [2.75, 3.05) is 13.2 Å². The summed E-state index contributed by atoms with van der Waals surface area (Å²) in [6, 6.07) is 8.10. The highest BCUT2D eigenvalue weighted by Crippen LogP contribution is 2.41. The highest BCUT2D eigenvalue weighted by Gasteiger charge is 2.33. The van der Waals surface area contributed by atoms with Crippen molar-refractivity contribution >= 4 is 16.8 Å². The Bertz CT molecular complexity index is 929. The third kappa shape index (κ3) is 4.29. The molecular formula is C23H27N3O3. The zero-order chi connectivity index (χ0) is 20.2. The smallest absolute Gasteiger partial charge is 0.220 e. The van der Waals surface area contributed by atoms with Crippen LogP contribution in [0.25, 0.3) is 10.9 Å². The van der Waals surface area contributed by atoms with Gasteiger partial charge >= 0.3 is 0 Å². The Kier molecular flexibility index (Phi) is 5.84. The van der Waals surface area contributed by atoms with Gasteiger partial charge in [0.25, 0.3) is 0 Å². The fraction of sp³-hybridized carbons (Fsp3) is 0.522. The third-order valence-electron chi connectivity index (χ3n) is 6.37. The normalized spacial score (nSPS) is 23.6. The van der Waals surface area contributed by atoms with E-state index >= 15 is 0 Å².